The van der Waals surface area contributed by atoms with Crippen LogP contribution in [0.25, 0.3) is 0 Å². The number of hydrogen-bond acceptors (Lipinski definition) is 2. The van der Waals surface area contributed by atoms with E-state index in [1.54, 1.807) is 6.07 Å². The number of nitrogens with one attached hydrogen (secondary N) is 1. The molecule has 1 N–H and O–H groups in total. The van der Waals surface area contributed by atoms with Crippen molar-refractivity contribution in [1.29, 1.82) is 0 Å². The topological polar surface area (TPSA) is 21.3 Å². The van der Waals surface area contributed by atoms with Gasteiger partial charge in [0.05, 0.1) is 7.11 Å². The molecule has 21 heavy (non-hydrogen) atoms. The standard InChI is InChI=1S/C17H17BrFNO/c1-21-17-7-6-14(10-16(17)19)20-15-8-12(9-15)11-2-4-13(18)5-3-11/h2-7,10,12,15,20H,8-9H2,1H3. The summed E-state index contributed by atoms with van der Waals surface area (Å²) in [6.45, 7) is 0. The Morgan fingerprint density at radius 3 is 2.48 bits per heavy atom. The van der Waals surface area contributed by atoms with Gasteiger partial charge in [0.25, 0.3) is 0 Å². The second-order valence-electron chi connectivity index (χ2n) is 5.41. The minimum absolute atomic E-state index is 0.280. The molecule has 2 aromatic rings. The molecule has 2 aromatic carbocycles. The van der Waals surface area contributed by atoms with Gasteiger partial charge in [-0.15, -0.1) is 0 Å². The maximum atomic E-state index is 13.6. The Hall–Kier alpha value is -1.55. The molecule has 0 unspecified atom stereocenters. The quantitative estimate of drug-likeness (QED) is 0.842. The third-order valence-corrected chi connectivity index (χ3v) is 4.53. The number of anilines is 1. The first-order valence-corrected chi connectivity index (χ1v) is 7.80. The Balaban J connectivity index is 1.57. The molecule has 4 heteroatoms. The lowest BCUT2D eigenvalue weighted by Gasteiger charge is -2.37. The van der Waals surface area contributed by atoms with Crippen LogP contribution in [-0.2, 0) is 0 Å². The molecule has 0 radical (unpaired) electrons. The molecule has 1 aliphatic rings. The number of benzene rings is 2. The summed E-state index contributed by atoms with van der Waals surface area (Å²) >= 11 is 3.45. The van der Waals surface area contributed by atoms with Crippen LogP contribution in [0, 0.1) is 5.82 Å². The molecule has 0 aromatic heterocycles. The molecule has 0 amide bonds. The average molecular weight is 350 g/mol. The van der Waals surface area contributed by atoms with Gasteiger partial charge in [0, 0.05) is 22.3 Å². The molecule has 0 atom stereocenters. The summed E-state index contributed by atoms with van der Waals surface area (Å²) < 4.78 is 19.7. The zero-order valence-corrected chi connectivity index (χ0v) is 13.4. The van der Waals surface area contributed by atoms with Gasteiger partial charge in [0.15, 0.2) is 11.6 Å². The monoisotopic (exact) mass is 349 g/mol. The molecule has 1 fully saturated rings. The highest BCUT2D eigenvalue weighted by atomic mass is 79.9. The van der Waals surface area contributed by atoms with E-state index in [0.717, 1.165) is 23.0 Å². The molecular weight excluding hydrogens is 333 g/mol. The van der Waals surface area contributed by atoms with Gasteiger partial charge < -0.3 is 10.1 Å². The predicted octanol–water partition coefficient (Wildman–Crippen LogP) is 4.95. The van der Waals surface area contributed by atoms with Crippen LogP contribution in [0.15, 0.2) is 46.9 Å². The first-order valence-electron chi connectivity index (χ1n) is 7.01. The van der Waals surface area contributed by atoms with Crippen molar-refractivity contribution in [3.05, 3.63) is 58.3 Å². The van der Waals surface area contributed by atoms with Crippen LogP contribution in [0.3, 0.4) is 0 Å². The van der Waals surface area contributed by atoms with E-state index in [9.17, 15) is 4.39 Å². The summed E-state index contributed by atoms with van der Waals surface area (Å²) in [5.74, 6) is 0.548. The molecule has 110 valence electrons. The minimum Gasteiger partial charge on any atom is -0.494 e. The highest BCUT2D eigenvalue weighted by Crippen LogP contribution is 2.39. The van der Waals surface area contributed by atoms with Gasteiger partial charge in [-0.2, -0.15) is 0 Å². The first kappa shape index (κ1) is 14.4. The lowest BCUT2D eigenvalue weighted by atomic mass is 9.76. The molecule has 2 nitrogen and oxygen atoms in total. The van der Waals surface area contributed by atoms with Gasteiger partial charge in [0.2, 0.25) is 0 Å². The summed E-state index contributed by atoms with van der Waals surface area (Å²) in [4.78, 5) is 0. The third kappa shape index (κ3) is 3.21. The van der Waals surface area contributed by atoms with Crippen LogP contribution in [0.2, 0.25) is 0 Å². The average Bonchev–Trinajstić information content (AvgIpc) is 2.44. The number of halogens is 2. The summed E-state index contributed by atoms with van der Waals surface area (Å²) in [5.41, 5.74) is 2.18. The first-order chi connectivity index (χ1) is 10.2. The van der Waals surface area contributed by atoms with E-state index in [2.05, 4.69) is 45.5 Å². The smallest absolute Gasteiger partial charge is 0.167 e. The molecule has 0 heterocycles. The van der Waals surface area contributed by atoms with Crippen LogP contribution >= 0.6 is 15.9 Å². The molecule has 1 aliphatic carbocycles. The van der Waals surface area contributed by atoms with Gasteiger partial charge >= 0.3 is 0 Å². The molecule has 0 saturated heterocycles. The fourth-order valence-electron chi connectivity index (χ4n) is 2.73. The van der Waals surface area contributed by atoms with Crippen molar-refractivity contribution in [2.24, 2.45) is 0 Å². The van der Waals surface area contributed by atoms with E-state index < -0.39 is 0 Å². The van der Waals surface area contributed by atoms with Gasteiger partial charge in [-0.3, -0.25) is 0 Å². The van der Waals surface area contributed by atoms with Crippen molar-refractivity contribution in [2.45, 2.75) is 24.8 Å². The van der Waals surface area contributed by atoms with Gasteiger partial charge in [-0.25, -0.2) is 4.39 Å². The summed E-state index contributed by atoms with van der Waals surface area (Å²) in [6, 6.07) is 13.9. The van der Waals surface area contributed by atoms with Crippen molar-refractivity contribution in [3.8, 4) is 5.75 Å². The van der Waals surface area contributed by atoms with E-state index in [0.29, 0.717) is 12.0 Å². The van der Waals surface area contributed by atoms with Crippen LogP contribution < -0.4 is 10.1 Å². The van der Waals surface area contributed by atoms with Crippen molar-refractivity contribution < 1.29 is 9.13 Å². The van der Waals surface area contributed by atoms with Crippen molar-refractivity contribution in [2.75, 3.05) is 12.4 Å². The normalized spacial score (nSPS) is 20.7. The van der Waals surface area contributed by atoms with Gasteiger partial charge in [0.1, 0.15) is 0 Å². The number of ether oxygens (including phenoxy) is 1. The van der Waals surface area contributed by atoms with Crippen molar-refractivity contribution >= 4 is 21.6 Å². The van der Waals surface area contributed by atoms with Gasteiger partial charge in [-0.1, -0.05) is 28.1 Å². The minimum atomic E-state index is -0.328. The predicted molar refractivity (Wildman–Crippen MR) is 86.5 cm³/mol. The number of hydrogen-bond donors (Lipinski definition) is 1. The SMILES string of the molecule is COc1ccc(NC2CC(c3ccc(Br)cc3)C2)cc1F. The summed E-state index contributed by atoms with van der Waals surface area (Å²) in [7, 11) is 1.47. The fourth-order valence-corrected chi connectivity index (χ4v) is 3.00. The van der Waals surface area contributed by atoms with E-state index in [1.165, 1.54) is 18.7 Å². The number of rotatable bonds is 4. The highest BCUT2D eigenvalue weighted by molar-refractivity contribution is 9.10. The van der Waals surface area contributed by atoms with Crippen LogP contribution in [0.5, 0.6) is 5.75 Å². The van der Waals surface area contributed by atoms with E-state index in [1.807, 2.05) is 6.07 Å². The summed E-state index contributed by atoms with van der Waals surface area (Å²) in [5, 5.41) is 3.38. The largest absolute Gasteiger partial charge is 0.494 e. The fraction of sp³-hybridized carbons (Fsp3) is 0.294. The Labute approximate surface area is 132 Å². The van der Waals surface area contributed by atoms with Crippen LogP contribution in [0.4, 0.5) is 10.1 Å². The Bertz CT molecular complexity index is 623. The summed E-state index contributed by atoms with van der Waals surface area (Å²) in [6.07, 6.45) is 2.16. The molecule has 0 bridgehead atoms. The Kier molecular flexibility index (Phi) is 4.15. The highest BCUT2D eigenvalue weighted by Gasteiger charge is 2.30. The maximum absolute atomic E-state index is 13.6. The molecule has 1 saturated carbocycles. The zero-order chi connectivity index (χ0) is 14.8. The Morgan fingerprint density at radius 1 is 1.14 bits per heavy atom. The lowest BCUT2D eigenvalue weighted by Crippen LogP contribution is -2.34. The molecule has 3 rings (SSSR count). The van der Waals surface area contributed by atoms with Crippen molar-refractivity contribution in [3.63, 3.8) is 0 Å². The van der Waals surface area contributed by atoms with E-state index in [4.69, 9.17) is 4.74 Å². The molecular formula is C17H17BrFNO. The second-order valence-corrected chi connectivity index (χ2v) is 6.33. The van der Waals surface area contributed by atoms with E-state index >= 15 is 0 Å². The number of methoxy groups -OCH3 is 1. The Morgan fingerprint density at radius 2 is 1.86 bits per heavy atom. The lowest BCUT2D eigenvalue weighted by molar-refractivity contribution is 0.373. The maximum Gasteiger partial charge on any atom is 0.167 e. The second kappa shape index (κ2) is 6.06. The molecule has 0 aliphatic heterocycles. The van der Waals surface area contributed by atoms with Crippen molar-refractivity contribution in [1.82, 2.24) is 0 Å². The van der Waals surface area contributed by atoms with Crippen LogP contribution in [-0.4, -0.2) is 13.2 Å². The van der Waals surface area contributed by atoms with Gasteiger partial charge in [-0.05, 0) is 48.6 Å². The molecule has 0 spiro atoms. The van der Waals surface area contributed by atoms with E-state index in [-0.39, 0.29) is 11.6 Å². The van der Waals surface area contributed by atoms with Crippen LogP contribution in [0.1, 0.15) is 24.3 Å². The zero-order valence-electron chi connectivity index (χ0n) is 11.8. The third-order valence-electron chi connectivity index (χ3n) is 4.00.